The van der Waals surface area contributed by atoms with Crippen LogP contribution < -0.4 is 5.32 Å². The molecule has 104 valence electrons. The summed E-state index contributed by atoms with van der Waals surface area (Å²) < 4.78 is 0. The molecule has 1 aliphatic carbocycles. The molecular formula is C18H17N3. The van der Waals surface area contributed by atoms with Crippen LogP contribution in [0.25, 0.3) is 22.2 Å². The molecule has 2 aromatic heterocycles. The standard InChI is InChI=1S/C18H17N3/c1-2-4-17-14(3-1)5-8-18(21-17)15-9-13(10-19-12-15)11-20-16-6-7-16/h1-5,8-10,12,16,20H,6-7,11H2. The molecule has 1 fully saturated rings. The Kier molecular flexibility index (Phi) is 3.13. The van der Waals surface area contributed by atoms with Gasteiger partial charge in [0.15, 0.2) is 0 Å². The molecule has 0 atom stereocenters. The minimum Gasteiger partial charge on any atom is -0.310 e. The summed E-state index contributed by atoms with van der Waals surface area (Å²) in [5, 5.41) is 4.69. The quantitative estimate of drug-likeness (QED) is 0.791. The van der Waals surface area contributed by atoms with E-state index in [1.165, 1.54) is 23.8 Å². The Morgan fingerprint density at radius 2 is 1.95 bits per heavy atom. The molecular weight excluding hydrogens is 258 g/mol. The fourth-order valence-corrected chi connectivity index (χ4v) is 2.50. The monoisotopic (exact) mass is 275 g/mol. The second kappa shape index (κ2) is 5.26. The Morgan fingerprint density at radius 1 is 1.05 bits per heavy atom. The number of hydrogen-bond donors (Lipinski definition) is 1. The van der Waals surface area contributed by atoms with Gasteiger partial charge in [-0.3, -0.25) is 4.98 Å². The van der Waals surface area contributed by atoms with Crippen molar-refractivity contribution in [2.75, 3.05) is 0 Å². The van der Waals surface area contributed by atoms with E-state index < -0.39 is 0 Å². The van der Waals surface area contributed by atoms with Crippen LogP contribution in [-0.2, 0) is 6.54 Å². The van der Waals surface area contributed by atoms with Crippen molar-refractivity contribution >= 4 is 10.9 Å². The summed E-state index contributed by atoms with van der Waals surface area (Å²) in [5.74, 6) is 0. The van der Waals surface area contributed by atoms with Gasteiger partial charge in [0.25, 0.3) is 0 Å². The van der Waals surface area contributed by atoms with Crippen LogP contribution in [0.2, 0.25) is 0 Å². The molecule has 0 bridgehead atoms. The number of rotatable bonds is 4. The molecule has 3 nitrogen and oxygen atoms in total. The van der Waals surface area contributed by atoms with Crippen LogP contribution >= 0.6 is 0 Å². The van der Waals surface area contributed by atoms with Crippen LogP contribution in [0.1, 0.15) is 18.4 Å². The van der Waals surface area contributed by atoms with Crippen LogP contribution in [0.5, 0.6) is 0 Å². The van der Waals surface area contributed by atoms with Gasteiger partial charge in [-0.1, -0.05) is 24.3 Å². The van der Waals surface area contributed by atoms with E-state index in [1.54, 1.807) is 0 Å². The van der Waals surface area contributed by atoms with E-state index >= 15 is 0 Å². The first-order valence-electron chi connectivity index (χ1n) is 7.42. The van der Waals surface area contributed by atoms with Crippen LogP contribution in [0.3, 0.4) is 0 Å². The lowest BCUT2D eigenvalue weighted by Gasteiger charge is -2.06. The van der Waals surface area contributed by atoms with E-state index in [-0.39, 0.29) is 0 Å². The average molecular weight is 275 g/mol. The smallest absolute Gasteiger partial charge is 0.0725 e. The third kappa shape index (κ3) is 2.78. The summed E-state index contributed by atoms with van der Waals surface area (Å²) in [4.78, 5) is 9.09. The van der Waals surface area contributed by atoms with E-state index in [2.05, 4.69) is 34.6 Å². The van der Waals surface area contributed by atoms with Crippen molar-refractivity contribution in [1.29, 1.82) is 0 Å². The highest BCUT2D eigenvalue weighted by atomic mass is 14.9. The van der Waals surface area contributed by atoms with Gasteiger partial charge in [0, 0.05) is 35.9 Å². The highest BCUT2D eigenvalue weighted by Gasteiger charge is 2.19. The molecule has 1 aromatic carbocycles. The molecule has 3 heteroatoms. The Labute approximate surface area is 124 Å². The first kappa shape index (κ1) is 12.5. The Balaban J connectivity index is 1.65. The maximum Gasteiger partial charge on any atom is 0.0725 e. The number of nitrogens with one attached hydrogen (secondary N) is 1. The van der Waals surface area contributed by atoms with Crippen LogP contribution in [0, 0.1) is 0 Å². The van der Waals surface area contributed by atoms with Crippen molar-refractivity contribution < 1.29 is 0 Å². The van der Waals surface area contributed by atoms with Crippen molar-refractivity contribution in [3.63, 3.8) is 0 Å². The van der Waals surface area contributed by atoms with E-state index in [0.717, 1.165) is 23.3 Å². The lowest BCUT2D eigenvalue weighted by atomic mass is 10.1. The number of pyridine rings is 2. The van der Waals surface area contributed by atoms with Gasteiger partial charge in [-0.2, -0.15) is 0 Å². The first-order chi connectivity index (χ1) is 10.4. The van der Waals surface area contributed by atoms with Gasteiger partial charge in [0.05, 0.1) is 11.2 Å². The minimum atomic E-state index is 0.715. The van der Waals surface area contributed by atoms with Crippen LogP contribution in [0.4, 0.5) is 0 Å². The summed E-state index contributed by atoms with van der Waals surface area (Å²) in [7, 11) is 0. The SMILES string of the molecule is c1ccc2nc(-c3cncc(CNC4CC4)c3)ccc2c1. The number of hydrogen-bond acceptors (Lipinski definition) is 3. The van der Waals surface area contributed by atoms with Gasteiger partial charge < -0.3 is 5.32 Å². The Bertz CT molecular complexity index is 778. The molecule has 1 N–H and O–H groups in total. The lowest BCUT2D eigenvalue weighted by molar-refractivity contribution is 0.686. The number of benzene rings is 1. The Morgan fingerprint density at radius 3 is 2.86 bits per heavy atom. The minimum absolute atomic E-state index is 0.715. The summed E-state index contributed by atoms with van der Waals surface area (Å²) in [6, 6.07) is 15.3. The summed E-state index contributed by atoms with van der Waals surface area (Å²) >= 11 is 0. The molecule has 3 aromatic rings. The van der Waals surface area contributed by atoms with E-state index in [0.29, 0.717) is 6.04 Å². The maximum absolute atomic E-state index is 4.73. The third-order valence-corrected chi connectivity index (χ3v) is 3.86. The molecule has 4 rings (SSSR count). The maximum atomic E-state index is 4.73. The number of nitrogens with zero attached hydrogens (tertiary/aromatic N) is 2. The summed E-state index contributed by atoms with van der Waals surface area (Å²) in [5.41, 5.74) is 4.30. The molecule has 2 heterocycles. The molecule has 21 heavy (non-hydrogen) atoms. The molecule has 0 saturated heterocycles. The van der Waals surface area contributed by atoms with Gasteiger partial charge in [-0.05, 0) is 36.6 Å². The predicted molar refractivity (Wildman–Crippen MR) is 84.8 cm³/mol. The topological polar surface area (TPSA) is 37.8 Å². The van der Waals surface area contributed by atoms with Crippen LogP contribution in [-0.4, -0.2) is 16.0 Å². The first-order valence-corrected chi connectivity index (χ1v) is 7.42. The third-order valence-electron chi connectivity index (χ3n) is 3.86. The molecule has 0 radical (unpaired) electrons. The van der Waals surface area contributed by atoms with Gasteiger partial charge in [0.1, 0.15) is 0 Å². The van der Waals surface area contributed by atoms with Gasteiger partial charge >= 0.3 is 0 Å². The van der Waals surface area contributed by atoms with E-state index in [9.17, 15) is 0 Å². The second-order valence-corrected chi connectivity index (χ2v) is 5.63. The van der Waals surface area contributed by atoms with E-state index in [1.807, 2.05) is 30.6 Å². The molecule has 1 aliphatic rings. The van der Waals surface area contributed by atoms with E-state index in [4.69, 9.17) is 4.98 Å². The van der Waals surface area contributed by atoms with Crippen molar-refractivity contribution in [3.05, 3.63) is 60.4 Å². The van der Waals surface area contributed by atoms with Gasteiger partial charge in [0.2, 0.25) is 0 Å². The van der Waals surface area contributed by atoms with Crippen molar-refractivity contribution in [2.45, 2.75) is 25.4 Å². The predicted octanol–water partition coefficient (Wildman–Crippen LogP) is 3.55. The number of fused-ring (bicyclic) bond motifs is 1. The van der Waals surface area contributed by atoms with Gasteiger partial charge in [-0.25, -0.2) is 4.98 Å². The fraction of sp³-hybridized carbons (Fsp3) is 0.222. The lowest BCUT2D eigenvalue weighted by Crippen LogP contribution is -2.15. The zero-order valence-electron chi connectivity index (χ0n) is 11.8. The number of para-hydroxylation sites is 1. The van der Waals surface area contributed by atoms with Gasteiger partial charge in [-0.15, -0.1) is 0 Å². The van der Waals surface area contributed by atoms with Crippen molar-refractivity contribution in [3.8, 4) is 11.3 Å². The molecule has 0 aliphatic heterocycles. The molecule has 0 amide bonds. The molecule has 1 saturated carbocycles. The highest BCUT2D eigenvalue weighted by Crippen LogP contribution is 2.22. The molecule has 0 unspecified atom stereocenters. The number of aromatic nitrogens is 2. The average Bonchev–Trinajstić information content (AvgIpc) is 3.37. The zero-order valence-corrected chi connectivity index (χ0v) is 11.8. The summed E-state index contributed by atoms with van der Waals surface area (Å²) in [6.07, 6.45) is 6.43. The molecule has 0 spiro atoms. The normalized spacial score (nSPS) is 14.5. The second-order valence-electron chi connectivity index (χ2n) is 5.63. The Hall–Kier alpha value is -2.26. The summed E-state index contributed by atoms with van der Waals surface area (Å²) in [6.45, 7) is 0.888. The fourth-order valence-electron chi connectivity index (χ4n) is 2.50. The zero-order chi connectivity index (χ0) is 14.1. The largest absolute Gasteiger partial charge is 0.310 e. The van der Waals surface area contributed by atoms with Crippen LogP contribution in [0.15, 0.2) is 54.9 Å². The van der Waals surface area contributed by atoms with Crippen molar-refractivity contribution in [1.82, 2.24) is 15.3 Å². The highest BCUT2D eigenvalue weighted by molar-refractivity contribution is 5.81. The van der Waals surface area contributed by atoms with Crippen molar-refractivity contribution in [2.24, 2.45) is 0 Å².